The molecular weight excluding hydrogens is 327 g/mol. The minimum atomic E-state index is -1.12. The largest absolute Gasteiger partial charge is 0.463 e. The van der Waals surface area contributed by atoms with Gasteiger partial charge in [-0.3, -0.25) is 24.3 Å². The standard InChI is InChI=1S/C11H10Cl2N2O6/c1-21-11(20)6(17)4-5(16)2-3-15-10(19)8(13)7(12)9(18)14-15/h2-4H2,1H3,(H,14,18). The van der Waals surface area contributed by atoms with Gasteiger partial charge in [-0.1, -0.05) is 23.2 Å². The van der Waals surface area contributed by atoms with Crippen LogP contribution in [0.15, 0.2) is 9.59 Å². The molecule has 0 fully saturated rings. The number of Topliss-reactive ketones (excluding diaryl/α,β-unsaturated/α-hetero) is 2. The van der Waals surface area contributed by atoms with Crippen LogP contribution in [0, 0.1) is 0 Å². The number of hydrogen-bond acceptors (Lipinski definition) is 6. The van der Waals surface area contributed by atoms with E-state index >= 15 is 0 Å². The normalized spacial score (nSPS) is 10.2. The molecule has 114 valence electrons. The second kappa shape index (κ2) is 7.19. The van der Waals surface area contributed by atoms with E-state index < -0.39 is 45.1 Å². The maximum absolute atomic E-state index is 11.7. The summed E-state index contributed by atoms with van der Waals surface area (Å²) in [6.45, 7) is -0.210. The fraction of sp³-hybridized carbons (Fsp3) is 0.364. The molecule has 8 nitrogen and oxygen atoms in total. The van der Waals surface area contributed by atoms with E-state index in [0.717, 1.165) is 11.8 Å². The zero-order valence-electron chi connectivity index (χ0n) is 10.8. The van der Waals surface area contributed by atoms with Crippen molar-refractivity contribution in [1.82, 2.24) is 9.78 Å². The molecule has 0 saturated heterocycles. The van der Waals surface area contributed by atoms with E-state index in [1.165, 1.54) is 0 Å². The molecule has 0 unspecified atom stereocenters. The highest BCUT2D eigenvalue weighted by atomic mass is 35.5. The second-order valence-electron chi connectivity index (χ2n) is 3.91. The lowest BCUT2D eigenvalue weighted by atomic mass is 10.1. The summed E-state index contributed by atoms with van der Waals surface area (Å²) < 4.78 is 4.97. The molecule has 0 radical (unpaired) electrons. The third-order valence-electron chi connectivity index (χ3n) is 2.45. The van der Waals surface area contributed by atoms with Crippen molar-refractivity contribution in [2.45, 2.75) is 19.4 Å². The molecule has 0 aromatic carbocycles. The number of ether oxygens (including phenoxy) is 1. The van der Waals surface area contributed by atoms with Crippen LogP contribution < -0.4 is 11.1 Å². The molecule has 0 saturated carbocycles. The first-order valence-corrected chi connectivity index (χ1v) is 6.34. The predicted molar refractivity (Wildman–Crippen MR) is 72.6 cm³/mol. The number of carbonyl (C=O) groups is 3. The van der Waals surface area contributed by atoms with Gasteiger partial charge in [-0.05, 0) is 0 Å². The van der Waals surface area contributed by atoms with Crippen LogP contribution in [0.1, 0.15) is 12.8 Å². The molecule has 0 aliphatic carbocycles. The molecule has 1 rings (SSSR count). The first-order valence-electron chi connectivity index (χ1n) is 5.59. The molecule has 0 bridgehead atoms. The molecule has 1 aromatic rings. The van der Waals surface area contributed by atoms with Crippen LogP contribution in [-0.2, 0) is 25.7 Å². The predicted octanol–water partition coefficient (Wildman–Crippen LogP) is -0.0652. The number of nitrogens with one attached hydrogen (secondary N) is 1. The Kier molecular flexibility index (Phi) is 5.86. The second-order valence-corrected chi connectivity index (χ2v) is 4.66. The summed E-state index contributed by atoms with van der Waals surface area (Å²) in [7, 11) is 1.02. The minimum absolute atomic E-state index is 0.210. The monoisotopic (exact) mass is 336 g/mol. The lowest BCUT2D eigenvalue weighted by Crippen LogP contribution is -2.31. The number of ketones is 2. The highest BCUT2D eigenvalue weighted by Gasteiger charge is 2.18. The molecule has 0 aliphatic heterocycles. The van der Waals surface area contributed by atoms with Gasteiger partial charge in [-0.25, -0.2) is 9.48 Å². The van der Waals surface area contributed by atoms with Gasteiger partial charge in [-0.15, -0.1) is 0 Å². The maximum Gasteiger partial charge on any atom is 0.374 e. The Bertz CT molecular complexity index is 706. The van der Waals surface area contributed by atoms with Crippen molar-refractivity contribution in [3.05, 3.63) is 30.8 Å². The van der Waals surface area contributed by atoms with Gasteiger partial charge in [-0.2, -0.15) is 0 Å². The summed E-state index contributed by atoms with van der Waals surface area (Å²) in [5.41, 5.74) is -1.55. The summed E-state index contributed by atoms with van der Waals surface area (Å²) in [5, 5.41) is 1.23. The van der Waals surface area contributed by atoms with E-state index in [1.54, 1.807) is 0 Å². The SMILES string of the molecule is COC(=O)C(=O)CC(=O)CCn1[nH]c(=O)c(Cl)c(Cl)c1=O. The van der Waals surface area contributed by atoms with Gasteiger partial charge in [0.1, 0.15) is 15.8 Å². The Morgan fingerprint density at radius 2 is 1.81 bits per heavy atom. The molecule has 1 heterocycles. The van der Waals surface area contributed by atoms with Crippen LogP contribution >= 0.6 is 23.2 Å². The van der Waals surface area contributed by atoms with Gasteiger partial charge in [0.05, 0.1) is 13.5 Å². The Hall–Kier alpha value is -1.93. The Balaban J connectivity index is 2.75. The van der Waals surface area contributed by atoms with Crippen LogP contribution in [0.25, 0.3) is 0 Å². The van der Waals surface area contributed by atoms with Crippen molar-refractivity contribution >= 4 is 40.7 Å². The first kappa shape index (κ1) is 17.1. The molecule has 1 aromatic heterocycles. The van der Waals surface area contributed by atoms with E-state index in [-0.39, 0.29) is 13.0 Å². The Labute approximate surface area is 127 Å². The summed E-state index contributed by atoms with van der Waals surface area (Å²) in [6, 6.07) is 0. The van der Waals surface area contributed by atoms with Crippen LogP contribution in [0.5, 0.6) is 0 Å². The number of aryl methyl sites for hydroxylation is 1. The number of rotatable bonds is 6. The molecule has 0 aliphatic rings. The molecule has 21 heavy (non-hydrogen) atoms. The number of H-pyrrole nitrogens is 1. The van der Waals surface area contributed by atoms with E-state index in [9.17, 15) is 24.0 Å². The van der Waals surface area contributed by atoms with Crippen molar-refractivity contribution in [2.24, 2.45) is 0 Å². The van der Waals surface area contributed by atoms with Gasteiger partial charge in [0.25, 0.3) is 11.1 Å². The third-order valence-corrected chi connectivity index (χ3v) is 3.25. The number of carbonyl (C=O) groups excluding carboxylic acids is 3. The maximum atomic E-state index is 11.7. The number of halogens is 2. The van der Waals surface area contributed by atoms with Gasteiger partial charge >= 0.3 is 5.97 Å². The molecular formula is C11H10Cl2N2O6. The zero-order valence-corrected chi connectivity index (χ0v) is 12.3. The van der Waals surface area contributed by atoms with Gasteiger partial charge in [0.2, 0.25) is 5.78 Å². The number of aromatic nitrogens is 2. The average molecular weight is 337 g/mol. The van der Waals surface area contributed by atoms with Crippen LogP contribution in [-0.4, -0.2) is 34.4 Å². The van der Waals surface area contributed by atoms with Crippen molar-refractivity contribution in [3.63, 3.8) is 0 Å². The highest BCUT2D eigenvalue weighted by molar-refractivity contribution is 6.41. The van der Waals surface area contributed by atoms with Crippen LogP contribution in [0.4, 0.5) is 0 Å². The Morgan fingerprint density at radius 3 is 2.38 bits per heavy atom. The molecule has 0 atom stereocenters. The first-order chi connectivity index (χ1) is 9.77. The smallest absolute Gasteiger partial charge is 0.374 e. The zero-order chi connectivity index (χ0) is 16.2. The van der Waals surface area contributed by atoms with E-state index in [2.05, 4.69) is 9.84 Å². The van der Waals surface area contributed by atoms with E-state index in [1.807, 2.05) is 0 Å². The van der Waals surface area contributed by atoms with Crippen LogP contribution in [0.3, 0.4) is 0 Å². The summed E-state index contributed by atoms with van der Waals surface area (Å²) >= 11 is 11.0. The summed E-state index contributed by atoms with van der Waals surface area (Å²) in [4.78, 5) is 56.5. The number of esters is 1. The third kappa shape index (κ3) is 4.27. The van der Waals surface area contributed by atoms with Crippen molar-refractivity contribution in [3.8, 4) is 0 Å². The number of aromatic amines is 1. The topological polar surface area (TPSA) is 115 Å². The minimum Gasteiger partial charge on any atom is -0.463 e. The Morgan fingerprint density at radius 1 is 1.19 bits per heavy atom. The fourth-order valence-electron chi connectivity index (χ4n) is 1.38. The highest BCUT2D eigenvalue weighted by Crippen LogP contribution is 2.10. The summed E-state index contributed by atoms with van der Waals surface area (Å²) in [6.07, 6.45) is -0.899. The quantitative estimate of drug-likeness (QED) is 0.442. The molecule has 0 amide bonds. The average Bonchev–Trinajstić information content (AvgIpc) is 2.46. The molecule has 10 heteroatoms. The van der Waals surface area contributed by atoms with Crippen molar-refractivity contribution in [2.75, 3.05) is 7.11 Å². The lowest BCUT2D eigenvalue weighted by molar-refractivity contribution is -0.152. The molecule has 1 N–H and O–H groups in total. The van der Waals surface area contributed by atoms with E-state index in [4.69, 9.17) is 23.2 Å². The molecule has 0 spiro atoms. The lowest BCUT2D eigenvalue weighted by Gasteiger charge is -2.05. The number of nitrogens with zero attached hydrogens (tertiary/aromatic N) is 1. The fourth-order valence-corrected chi connectivity index (χ4v) is 1.69. The van der Waals surface area contributed by atoms with Crippen molar-refractivity contribution < 1.29 is 19.1 Å². The van der Waals surface area contributed by atoms with Crippen molar-refractivity contribution in [1.29, 1.82) is 0 Å². The van der Waals surface area contributed by atoms with Gasteiger partial charge < -0.3 is 4.74 Å². The van der Waals surface area contributed by atoms with E-state index in [0.29, 0.717) is 0 Å². The number of hydrogen-bond donors (Lipinski definition) is 1. The van der Waals surface area contributed by atoms with Gasteiger partial charge in [0.15, 0.2) is 0 Å². The summed E-state index contributed by atoms with van der Waals surface area (Å²) in [5.74, 6) is -2.70. The van der Waals surface area contributed by atoms with Gasteiger partial charge in [0, 0.05) is 13.0 Å². The van der Waals surface area contributed by atoms with Crippen LogP contribution in [0.2, 0.25) is 10.0 Å². The number of methoxy groups -OCH3 is 1.